The van der Waals surface area contributed by atoms with Crippen molar-refractivity contribution in [2.45, 2.75) is 51.7 Å². The highest BCUT2D eigenvalue weighted by Gasteiger charge is 2.42. The summed E-state index contributed by atoms with van der Waals surface area (Å²) in [6.45, 7) is 3.41. The van der Waals surface area contributed by atoms with E-state index < -0.39 is 36.1 Å². The molecule has 0 aliphatic carbocycles. The van der Waals surface area contributed by atoms with Crippen LogP contribution in [-0.4, -0.2) is 47.3 Å². The van der Waals surface area contributed by atoms with Gasteiger partial charge in [-0.25, -0.2) is 4.79 Å². The van der Waals surface area contributed by atoms with E-state index in [0.717, 1.165) is 0 Å². The number of rotatable bonds is 4. The Bertz CT molecular complexity index is 401. The highest BCUT2D eigenvalue weighted by molar-refractivity contribution is 5.78. The van der Waals surface area contributed by atoms with Crippen LogP contribution in [0.1, 0.15) is 39.5 Å². The molecule has 2 amide bonds. The topological polar surface area (TPSA) is 69.6 Å². The van der Waals surface area contributed by atoms with Crippen molar-refractivity contribution >= 4 is 12.0 Å². The lowest BCUT2D eigenvalue weighted by Gasteiger charge is -2.39. The maximum Gasteiger partial charge on any atom is 0.391 e. The summed E-state index contributed by atoms with van der Waals surface area (Å²) < 4.78 is 36.7. The van der Waals surface area contributed by atoms with Crippen molar-refractivity contribution in [2.75, 3.05) is 13.1 Å². The van der Waals surface area contributed by atoms with Gasteiger partial charge >= 0.3 is 18.2 Å². The average Bonchev–Trinajstić information content (AvgIpc) is 2.36. The van der Waals surface area contributed by atoms with Gasteiger partial charge in [-0.2, -0.15) is 13.2 Å². The Morgan fingerprint density at radius 3 is 2.52 bits per heavy atom. The van der Waals surface area contributed by atoms with E-state index in [1.165, 1.54) is 11.8 Å². The van der Waals surface area contributed by atoms with Crippen LogP contribution in [0.15, 0.2) is 0 Å². The molecule has 0 radical (unpaired) electrons. The molecule has 1 fully saturated rings. The maximum atomic E-state index is 12.2. The quantitative estimate of drug-likeness (QED) is 0.838. The molecule has 0 bridgehead atoms. The molecule has 21 heavy (non-hydrogen) atoms. The minimum Gasteiger partial charge on any atom is -0.481 e. The third kappa shape index (κ3) is 4.78. The van der Waals surface area contributed by atoms with Crippen LogP contribution in [0.5, 0.6) is 0 Å². The minimum atomic E-state index is -4.34. The van der Waals surface area contributed by atoms with Gasteiger partial charge in [-0.1, -0.05) is 6.92 Å². The molecule has 0 aromatic rings. The number of hydrogen-bond donors (Lipinski definition) is 2. The molecule has 1 rings (SSSR count). The molecule has 0 aromatic heterocycles. The average molecular weight is 310 g/mol. The van der Waals surface area contributed by atoms with Crippen molar-refractivity contribution in [2.24, 2.45) is 5.41 Å². The molecule has 1 aliphatic rings. The number of amides is 2. The number of nitrogens with zero attached hydrogens (tertiary/aromatic N) is 1. The number of likely N-dealkylation sites (tertiary alicyclic amines) is 1. The van der Waals surface area contributed by atoms with E-state index in [1.54, 1.807) is 6.92 Å². The summed E-state index contributed by atoms with van der Waals surface area (Å²) in [7, 11) is 0. The number of halogens is 3. The first kappa shape index (κ1) is 17.6. The van der Waals surface area contributed by atoms with Gasteiger partial charge in [-0.15, -0.1) is 0 Å². The maximum absolute atomic E-state index is 12.2. The normalized spacial score (nSPS) is 24.5. The largest absolute Gasteiger partial charge is 0.481 e. The van der Waals surface area contributed by atoms with Crippen LogP contribution in [0.2, 0.25) is 0 Å². The zero-order chi connectivity index (χ0) is 16.3. The number of carboxylic acid groups (broad SMARTS) is 1. The number of hydrogen-bond acceptors (Lipinski definition) is 2. The smallest absolute Gasteiger partial charge is 0.391 e. The number of carbonyl (C=O) groups excluding carboxylic acids is 1. The molecular formula is C13H21F3N2O3. The van der Waals surface area contributed by atoms with E-state index in [0.29, 0.717) is 25.8 Å². The van der Waals surface area contributed by atoms with Crippen LogP contribution < -0.4 is 5.32 Å². The third-order valence-electron chi connectivity index (χ3n) is 3.90. The van der Waals surface area contributed by atoms with Crippen molar-refractivity contribution in [1.29, 1.82) is 0 Å². The van der Waals surface area contributed by atoms with Gasteiger partial charge in [0.15, 0.2) is 0 Å². The Balaban J connectivity index is 2.64. The molecule has 5 nitrogen and oxygen atoms in total. The summed E-state index contributed by atoms with van der Waals surface area (Å²) in [6.07, 6.45) is -4.07. The molecule has 0 spiro atoms. The van der Waals surface area contributed by atoms with Gasteiger partial charge < -0.3 is 15.3 Å². The Morgan fingerprint density at radius 1 is 1.43 bits per heavy atom. The molecule has 0 saturated carbocycles. The van der Waals surface area contributed by atoms with Crippen LogP contribution in [0.25, 0.3) is 0 Å². The highest BCUT2D eigenvalue weighted by Crippen LogP contribution is 2.33. The van der Waals surface area contributed by atoms with Crippen molar-refractivity contribution in [3.63, 3.8) is 0 Å². The SMILES string of the molecule is CCC1(C(=O)O)CCCN(C(=O)NC(C)CC(F)(F)F)C1. The summed E-state index contributed by atoms with van der Waals surface area (Å²) in [5, 5.41) is 11.6. The van der Waals surface area contributed by atoms with Gasteiger partial charge in [0, 0.05) is 19.1 Å². The molecule has 2 unspecified atom stereocenters. The fourth-order valence-electron chi connectivity index (χ4n) is 2.62. The Morgan fingerprint density at radius 2 is 2.05 bits per heavy atom. The summed E-state index contributed by atoms with van der Waals surface area (Å²) in [5.41, 5.74) is -0.997. The van der Waals surface area contributed by atoms with Crippen LogP contribution in [0.3, 0.4) is 0 Å². The molecule has 1 saturated heterocycles. The van der Waals surface area contributed by atoms with E-state index in [1.807, 2.05) is 0 Å². The molecule has 1 aliphatic heterocycles. The Kier molecular flexibility index (Phi) is 5.47. The molecule has 0 aromatic carbocycles. The Hall–Kier alpha value is -1.47. The second-order valence-corrected chi connectivity index (χ2v) is 5.63. The first-order chi connectivity index (χ1) is 9.59. The van der Waals surface area contributed by atoms with Crippen molar-refractivity contribution in [3.05, 3.63) is 0 Å². The zero-order valence-corrected chi connectivity index (χ0v) is 12.2. The van der Waals surface area contributed by atoms with Crippen molar-refractivity contribution in [3.8, 4) is 0 Å². The standard InChI is InChI=1S/C13H21F3N2O3/c1-3-12(10(19)20)5-4-6-18(8-12)11(21)17-9(2)7-13(14,15)16/h9H,3-8H2,1-2H3,(H,17,21)(H,19,20). The molecule has 2 atom stereocenters. The van der Waals surface area contributed by atoms with Crippen LogP contribution >= 0.6 is 0 Å². The predicted molar refractivity (Wildman–Crippen MR) is 69.8 cm³/mol. The summed E-state index contributed by atoms with van der Waals surface area (Å²) in [6, 6.07) is -1.68. The second kappa shape index (κ2) is 6.53. The monoisotopic (exact) mass is 310 g/mol. The fraction of sp³-hybridized carbons (Fsp3) is 0.846. The Labute approximate surface area is 121 Å². The fourth-order valence-corrected chi connectivity index (χ4v) is 2.62. The molecular weight excluding hydrogens is 289 g/mol. The summed E-state index contributed by atoms with van der Waals surface area (Å²) >= 11 is 0. The number of urea groups is 1. The van der Waals surface area contributed by atoms with Crippen LogP contribution in [-0.2, 0) is 4.79 Å². The number of carbonyl (C=O) groups is 2. The first-order valence-electron chi connectivity index (χ1n) is 6.95. The number of piperidine rings is 1. The molecule has 122 valence electrons. The second-order valence-electron chi connectivity index (χ2n) is 5.63. The third-order valence-corrected chi connectivity index (χ3v) is 3.90. The first-order valence-corrected chi connectivity index (χ1v) is 6.95. The van der Waals surface area contributed by atoms with Gasteiger partial charge in [0.1, 0.15) is 0 Å². The van der Waals surface area contributed by atoms with Gasteiger partial charge in [0.25, 0.3) is 0 Å². The summed E-state index contributed by atoms with van der Waals surface area (Å²) in [4.78, 5) is 24.7. The predicted octanol–water partition coefficient (Wildman–Crippen LogP) is 2.61. The summed E-state index contributed by atoms with van der Waals surface area (Å²) in [5.74, 6) is -0.967. The van der Waals surface area contributed by atoms with Crippen LogP contribution in [0.4, 0.5) is 18.0 Å². The van der Waals surface area contributed by atoms with E-state index >= 15 is 0 Å². The highest BCUT2D eigenvalue weighted by atomic mass is 19.4. The number of nitrogens with one attached hydrogen (secondary N) is 1. The van der Waals surface area contributed by atoms with Gasteiger partial charge in [-0.3, -0.25) is 4.79 Å². The van der Waals surface area contributed by atoms with Crippen LogP contribution in [0, 0.1) is 5.41 Å². The molecule has 2 N–H and O–H groups in total. The van der Waals surface area contributed by atoms with E-state index in [-0.39, 0.29) is 6.54 Å². The minimum absolute atomic E-state index is 0.0312. The number of carboxylic acids is 1. The van der Waals surface area contributed by atoms with Crippen molar-refractivity contribution in [1.82, 2.24) is 10.2 Å². The van der Waals surface area contributed by atoms with Gasteiger partial charge in [0.05, 0.1) is 11.8 Å². The van der Waals surface area contributed by atoms with Gasteiger partial charge in [-0.05, 0) is 26.2 Å². The molecule has 1 heterocycles. The van der Waals surface area contributed by atoms with E-state index in [9.17, 15) is 27.9 Å². The van der Waals surface area contributed by atoms with E-state index in [4.69, 9.17) is 0 Å². The zero-order valence-electron chi connectivity index (χ0n) is 12.2. The number of alkyl halides is 3. The van der Waals surface area contributed by atoms with E-state index in [2.05, 4.69) is 5.32 Å². The lowest BCUT2D eigenvalue weighted by molar-refractivity contribution is -0.152. The lowest BCUT2D eigenvalue weighted by Crippen LogP contribution is -2.54. The lowest BCUT2D eigenvalue weighted by atomic mass is 9.78. The molecule has 8 heteroatoms. The van der Waals surface area contributed by atoms with Crippen molar-refractivity contribution < 1.29 is 27.9 Å². The van der Waals surface area contributed by atoms with Gasteiger partial charge in [0.2, 0.25) is 0 Å². The number of aliphatic carboxylic acids is 1.